The van der Waals surface area contributed by atoms with Crippen LogP contribution in [-0.2, 0) is 7.05 Å². The van der Waals surface area contributed by atoms with Gasteiger partial charge in [-0.15, -0.1) is 0 Å². The minimum atomic E-state index is -1.19. The molecule has 0 aliphatic rings. The average Bonchev–Trinajstić information content (AvgIpc) is 2.75. The number of carbonyl (C=O) groups is 2. The van der Waals surface area contributed by atoms with Gasteiger partial charge in [0.2, 0.25) is 0 Å². The van der Waals surface area contributed by atoms with Gasteiger partial charge in [0.15, 0.2) is 0 Å². The van der Waals surface area contributed by atoms with Crippen LogP contribution in [0.1, 0.15) is 20.8 Å². The number of aryl methyl sites for hydroxylation is 1. The first-order valence-electron chi connectivity index (χ1n) is 5.45. The van der Waals surface area contributed by atoms with E-state index in [4.69, 9.17) is 16.7 Å². The van der Waals surface area contributed by atoms with Crippen molar-refractivity contribution in [2.45, 2.75) is 0 Å². The number of nitrogens with one attached hydrogen (secondary N) is 1. The number of carbonyl (C=O) groups excluding carboxylic acids is 1. The molecule has 0 saturated heterocycles. The Morgan fingerprint density at radius 2 is 2.00 bits per heavy atom. The van der Waals surface area contributed by atoms with E-state index in [1.54, 1.807) is 36.0 Å². The van der Waals surface area contributed by atoms with Crippen LogP contribution in [0.3, 0.4) is 0 Å². The van der Waals surface area contributed by atoms with Gasteiger partial charge in [0.05, 0.1) is 10.7 Å². The van der Waals surface area contributed by atoms with Crippen molar-refractivity contribution in [2.24, 2.45) is 7.05 Å². The summed E-state index contributed by atoms with van der Waals surface area (Å²) in [6.45, 7) is 0. The Balaban J connectivity index is 2.35. The summed E-state index contributed by atoms with van der Waals surface area (Å²) in [7, 11) is 1.73. The standard InChI is InChI=1S/C13H11ClN2O3/c1-16-7-3-6-10(16)12(17)15-9-5-2-4-8(14)11(9)13(18)19/h2-7H,1H3,(H,15,17)(H,18,19). The summed E-state index contributed by atoms with van der Waals surface area (Å²) < 4.78 is 1.64. The predicted molar refractivity (Wildman–Crippen MR) is 71.8 cm³/mol. The van der Waals surface area contributed by atoms with Crippen molar-refractivity contribution in [3.05, 3.63) is 52.8 Å². The Kier molecular flexibility index (Phi) is 3.57. The van der Waals surface area contributed by atoms with E-state index in [0.29, 0.717) is 5.69 Å². The molecule has 2 rings (SSSR count). The van der Waals surface area contributed by atoms with Gasteiger partial charge in [-0.3, -0.25) is 4.79 Å². The van der Waals surface area contributed by atoms with E-state index in [1.807, 2.05) is 0 Å². The smallest absolute Gasteiger partial charge is 0.339 e. The fourth-order valence-electron chi connectivity index (χ4n) is 1.73. The lowest BCUT2D eigenvalue weighted by atomic mass is 10.1. The lowest BCUT2D eigenvalue weighted by Gasteiger charge is -2.10. The summed E-state index contributed by atoms with van der Waals surface area (Å²) in [6.07, 6.45) is 1.73. The topological polar surface area (TPSA) is 71.3 Å². The number of nitrogens with zero attached hydrogens (tertiary/aromatic N) is 1. The maximum absolute atomic E-state index is 12.0. The van der Waals surface area contributed by atoms with E-state index >= 15 is 0 Å². The largest absolute Gasteiger partial charge is 0.478 e. The second-order valence-electron chi connectivity index (χ2n) is 3.93. The zero-order valence-corrected chi connectivity index (χ0v) is 10.8. The highest BCUT2D eigenvalue weighted by atomic mass is 35.5. The number of aromatic nitrogens is 1. The van der Waals surface area contributed by atoms with Gasteiger partial charge >= 0.3 is 5.97 Å². The van der Waals surface area contributed by atoms with Gasteiger partial charge in [-0.05, 0) is 24.3 Å². The summed E-state index contributed by atoms with van der Waals surface area (Å²) in [4.78, 5) is 23.2. The molecule has 0 radical (unpaired) electrons. The Hall–Kier alpha value is -2.27. The van der Waals surface area contributed by atoms with E-state index in [9.17, 15) is 9.59 Å². The highest BCUT2D eigenvalue weighted by Crippen LogP contribution is 2.24. The molecule has 0 bridgehead atoms. The minimum absolute atomic E-state index is 0.0807. The number of halogens is 1. The summed E-state index contributed by atoms with van der Waals surface area (Å²) >= 11 is 5.83. The number of carboxylic acids is 1. The first kappa shape index (κ1) is 13.2. The van der Waals surface area contributed by atoms with Gasteiger partial charge in [-0.25, -0.2) is 4.79 Å². The number of rotatable bonds is 3. The van der Waals surface area contributed by atoms with Crippen LogP contribution >= 0.6 is 11.6 Å². The lowest BCUT2D eigenvalue weighted by molar-refractivity contribution is 0.0698. The Morgan fingerprint density at radius 1 is 1.26 bits per heavy atom. The van der Waals surface area contributed by atoms with Crippen molar-refractivity contribution in [3.8, 4) is 0 Å². The number of amides is 1. The van der Waals surface area contributed by atoms with E-state index < -0.39 is 11.9 Å². The normalized spacial score (nSPS) is 10.2. The van der Waals surface area contributed by atoms with Gasteiger partial charge in [0.25, 0.3) is 5.91 Å². The first-order chi connectivity index (χ1) is 9.00. The van der Waals surface area contributed by atoms with Crippen LogP contribution in [0.4, 0.5) is 5.69 Å². The maximum Gasteiger partial charge on any atom is 0.339 e. The molecule has 1 aromatic carbocycles. The first-order valence-corrected chi connectivity index (χ1v) is 5.83. The molecular formula is C13H11ClN2O3. The molecule has 5 nitrogen and oxygen atoms in total. The molecule has 1 amide bonds. The summed E-state index contributed by atoms with van der Waals surface area (Å²) in [6, 6.07) is 7.90. The van der Waals surface area contributed by atoms with Crippen LogP contribution in [0.2, 0.25) is 5.02 Å². The highest BCUT2D eigenvalue weighted by molar-refractivity contribution is 6.34. The number of benzene rings is 1. The third-order valence-electron chi connectivity index (χ3n) is 2.65. The molecule has 98 valence electrons. The maximum atomic E-state index is 12.0. The molecule has 2 N–H and O–H groups in total. The van der Waals surface area contributed by atoms with E-state index in [1.165, 1.54) is 12.1 Å². The van der Waals surface area contributed by atoms with Crippen molar-refractivity contribution in [1.29, 1.82) is 0 Å². The second kappa shape index (κ2) is 5.16. The molecule has 1 heterocycles. The number of hydrogen-bond acceptors (Lipinski definition) is 2. The van der Waals surface area contributed by atoms with Gasteiger partial charge in [0.1, 0.15) is 11.3 Å². The molecule has 0 saturated carbocycles. The van der Waals surface area contributed by atoms with Crippen LogP contribution in [0, 0.1) is 0 Å². The van der Waals surface area contributed by atoms with Crippen molar-refractivity contribution in [1.82, 2.24) is 4.57 Å². The summed E-state index contributed by atoms with van der Waals surface area (Å²) in [5.41, 5.74) is 0.481. The molecule has 0 aliphatic heterocycles. The van der Waals surface area contributed by atoms with Crippen molar-refractivity contribution >= 4 is 29.2 Å². The predicted octanol–water partition coefficient (Wildman–Crippen LogP) is 2.63. The quantitative estimate of drug-likeness (QED) is 0.906. The Bertz CT molecular complexity index is 649. The van der Waals surface area contributed by atoms with Crippen LogP contribution in [0.5, 0.6) is 0 Å². The van der Waals surface area contributed by atoms with Crippen LogP contribution < -0.4 is 5.32 Å². The second-order valence-corrected chi connectivity index (χ2v) is 4.33. The van der Waals surface area contributed by atoms with Gasteiger partial charge in [-0.2, -0.15) is 0 Å². The number of hydrogen-bond donors (Lipinski definition) is 2. The summed E-state index contributed by atoms with van der Waals surface area (Å²) in [5.74, 6) is -1.58. The Morgan fingerprint density at radius 3 is 2.58 bits per heavy atom. The zero-order valence-electron chi connectivity index (χ0n) is 10.1. The molecule has 2 aromatic rings. The van der Waals surface area contributed by atoms with Crippen LogP contribution in [-0.4, -0.2) is 21.6 Å². The molecule has 0 aliphatic carbocycles. The fourth-order valence-corrected chi connectivity index (χ4v) is 1.98. The van der Waals surface area contributed by atoms with E-state index in [2.05, 4.69) is 5.32 Å². The molecule has 1 aromatic heterocycles. The molecule has 0 fully saturated rings. The van der Waals surface area contributed by atoms with Crippen molar-refractivity contribution in [2.75, 3.05) is 5.32 Å². The van der Waals surface area contributed by atoms with Crippen LogP contribution in [0.25, 0.3) is 0 Å². The number of aromatic carboxylic acids is 1. The summed E-state index contributed by atoms with van der Waals surface area (Å²) in [5, 5.41) is 11.7. The van der Waals surface area contributed by atoms with E-state index in [-0.39, 0.29) is 16.3 Å². The zero-order chi connectivity index (χ0) is 14.0. The van der Waals surface area contributed by atoms with Gasteiger partial charge < -0.3 is 15.0 Å². The third kappa shape index (κ3) is 2.61. The monoisotopic (exact) mass is 278 g/mol. The number of carboxylic acid groups (broad SMARTS) is 1. The molecular weight excluding hydrogens is 268 g/mol. The highest BCUT2D eigenvalue weighted by Gasteiger charge is 2.17. The SMILES string of the molecule is Cn1cccc1C(=O)Nc1cccc(Cl)c1C(=O)O. The molecule has 6 heteroatoms. The fraction of sp³-hybridized carbons (Fsp3) is 0.0769. The lowest BCUT2D eigenvalue weighted by Crippen LogP contribution is -2.17. The Labute approximate surface area is 114 Å². The minimum Gasteiger partial charge on any atom is -0.478 e. The van der Waals surface area contributed by atoms with Crippen molar-refractivity contribution in [3.63, 3.8) is 0 Å². The van der Waals surface area contributed by atoms with Crippen LogP contribution in [0.15, 0.2) is 36.5 Å². The molecule has 19 heavy (non-hydrogen) atoms. The van der Waals surface area contributed by atoms with Gasteiger partial charge in [0, 0.05) is 13.2 Å². The van der Waals surface area contributed by atoms with Gasteiger partial charge in [-0.1, -0.05) is 17.7 Å². The number of anilines is 1. The van der Waals surface area contributed by atoms with E-state index in [0.717, 1.165) is 0 Å². The van der Waals surface area contributed by atoms with Crippen molar-refractivity contribution < 1.29 is 14.7 Å². The average molecular weight is 279 g/mol. The third-order valence-corrected chi connectivity index (χ3v) is 2.97. The molecule has 0 atom stereocenters. The molecule has 0 spiro atoms. The molecule has 0 unspecified atom stereocenters.